The monoisotopic (exact) mass is 296 g/mol. The van der Waals surface area contributed by atoms with Crippen LogP contribution < -0.4 is 5.32 Å². The van der Waals surface area contributed by atoms with Crippen molar-refractivity contribution in [2.24, 2.45) is 5.92 Å². The molecule has 1 unspecified atom stereocenters. The van der Waals surface area contributed by atoms with E-state index in [4.69, 9.17) is 4.74 Å². The molecule has 1 rings (SSSR count). The van der Waals surface area contributed by atoms with Gasteiger partial charge in [0.15, 0.2) is 0 Å². The molecule has 0 saturated carbocycles. The third-order valence-electron chi connectivity index (χ3n) is 4.31. The van der Waals surface area contributed by atoms with E-state index in [2.05, 4.69) is 50.0 Å². The summed E-state index contributed by atoms with van der Waals surface area (Å²) in [6.07, 6.45) is 4.47. The van der Waals surface area contributed by atoms with Crippen LogP contribution in [0.2, 0.25) is 0 Å². The Morgan fingerprint density at radius 1 is 1.29 bits per heavy atom. The summed E-state index contributed by atoms with van der Waals surface area (Å²) in [6.45, 7) is 12.7. The number of methoxy groups -OCH3 is 1. The molecule has 0 fully saturated rings. The van der Waals surface area contributed by atoms with Gasteiger partial charge in [-0.2, -0.15) is 5.10 Å². The SMILES string of the molecule is CCNC(Cc1ncnn1CC(C)C)C(CC)(CC)OC. The summed E-state index contributed by atoms with van der Waals surface area (Å²) in [7, 11) is 1.82. The van der Waals surface area contributed by atoms with E-state index in [0.29, 0.717) is 5.92 Å². The summed E-state index contributed by atoms with van der Waals surface area (Å²) in [5, 5.41) is 7.96. The van der Waals surface area contributed by atoms with Crippen molar-refractivity contribution < 1.29 is 4.74 Å². The first-order chi connectivity index (χ1) is 10.0. The molecule has 0 aliphatic rings. The molecule has 0 amide bonds. The second-order valence-electron chi connectivity index (χ2n) is 6.04. The molecule has 0 aromatic carbocycles. The molecular weight excluding hydrogens is 264 g/mol. The van der Waals surface area contributed by atoms with Gasteiger partial charge in [0.1, 0.15) is 12.2 Å². The van der Waals surface area contributed by atoms with Crippen molar-refractivity contribution in [2.45, 2.75) is 72.1 Å². The maximum Gasteiger partial charge on any atom is 0.138 e. The highest BCUT2D eigenvalue weighted by Crippen LogP contribution is 2.26. The zero-order chi connectivity index (χ0) is 15.9. The predicted octanol–water partition coefficient (Wildman–Crippen LogP) is 2.66. The van der Waals surface area contributed by atoms with E-state index < -0.39 is 0 Å². The smallest absolute Gasteiger partial charge is 0.138 e. The Balaban J connectivity index is 2.95. The molecule has 5 heteroatoms. The van der Waals surface area contributed by atoms with Gasteiger partial charge in [0.2, 0.25) is 0 Å². The van der Waals surface area contributed by atoms with Gasteiger partial charge >= 0.3 is 0 Å². The van der Waals surface area contributed by atoms with Gasteiger partial charge in [-0.05, 0) is 25.3 Å². The van der Waals surface area contributed by atoms with Gasteiger partial charge in [-0.3, -0.25) is 0 Å². The molecule has 0 aliphatic heterocycles. The number of ether oxygens (including phenoxy) is 1. The average Bonchev–Trinajstić information content (AvgIpc) is 2.88. The Labute approximate surface area is 129 Å². The average molecular weight is 296 g/mol. The first kappa shape index (κ1) is 18.1. The number of likely N-dealkylation sites (N-methyl/N-ethyl adjacent to an activating group) is 1. The van der Waals surface area contributed by atoms with Crippen LogP contribution in [-0.2, 0) is 17.7 Å². The van der Waals surface area contributed by atoms with Crippen LogP contribution in [-0.4, -0.2) is 40.1 Å². The summed E-state index contributed by atoms with van der Waals surface area (Å²) >= 11 is 0. The number of nitrogens with zero attached hydrogens (tertiary/aromatic N) is 3. The van der Waals surface area contributed by atoms with Crippen molar-refractivity contribution in [1.82, 2.24) is 20.1 Å². The van der Waals surface area contributed by atoms with Crippen molar-refractivity contribution >= 4 is 0 Å². The van der Waals surface area contributed by atoms with Crippen molar-refractivity contribution in [1.29, 1.82) is 0 Å². The third kappa shape index (κ3) is 4.51. The van der Waals surface area contributed by atoms with Gasteiger partial charge in [0, 0.05) is 26.1 Å². The molecule has 1 N–H and O–H groups in total. The highest BCUT2D eigenvalue weighted by atomic mass is 16.5. The van der Waals surface area contributed by atoms with E-state index >= 15 is 0 Å². The Morgan fingerprint density at radius 3 is 2.43 bits per heavy atom. The van der Waals surface area contributed by atoms with E-state index in [1.165, 1.54) is 0 Å². The molecule has 1 heterocycles. The molecule has 5 nitrogen and oxygen atoms in total. The van der Waals surface area contributed by atoms with Crippen molar-refractivity contribution in [3.05, 3.63) is 12.2 Å². The normalized spacial score (nSPS) is 13.9. The lowest BCUT2D eigenvalue weighted by atomic mass is 9.86. The molecule has 1 aromatic heterocycles. The predicted molar refractivity (Wildman–Crippen MR) is 86.4 cm³/mol. The lowest BCUT2D eigenvalue weighted by molar-refractivity contribution is -0.0475. The second-order valence-corrected chi connectivity index (χ2v) is 6.04. The minimum Gasteiger partial charge on any atom is -0.377 e. The largest absolute Gasteiger partial charge is 0.377 e. The summed E-state index contributed by atoms with van der Waals surface area (Å²) in [4.78, 5) is 4.46. The van der Waals surface area contributed by atoms with E-state index in [-0.39, 0.29) is 11.6 Å². The summed E-state index contributed by atoms with van der Waals surface area (Å²) in [6, 6.07) is 0.248. The van der Waals surface area contributed by atoms with Gasteiger partial charge in [0.25, 0.3) is 0 Å². The molecule has 0 saturated heterocycles. The number of rotatable bonds is 10. The van der Waals surface area contributed by atoms with Crippen LogP contribution in [0.1, 0.15) is 53.3 Å². The van der Waals surface area contributed by atoms with Crippen LogP contribution in [0.3, 0.4) is 0 Å². The van der Waals surface area contributed by atoms with E-state index in [0.717, 1.165) is 38.2 Å². The zero-order valence-electron chi connectivity index (χ0n) is 14.5. The zero-order valence-corrected chi connectivity index (χ0v) is 14.5. The van der Waals surface area contributed by atoms with Crippen molar-refractivity contribution in [2.75, 3.05) is 13.7 Å². The van der Waals surface area contributed by atoms with Crippen LogP contribution >= 0.6 is 0 Å². The quantitative estimate of drug-likeness (QED) is 0.721. The second kappa shape index (κ2) is 8.49. The van der Waals surface area contributed by atoms with Crippen LogP contribution in [0.25, 0.3) is 0 Å². The number of nitrogens with one attached hydrogen (secondary N) is 1. The highest BCUT2D eigenvalue weighted by molar-refractivity contribution is 4.99. The number of hydrogen-bond acceptors (Lipinski definition) is 4. The Hall–Kier alpha value is -0.940. The van der Waals surface area contributed by atoms with Crippen molar-refractivity contribution in [3.8, 4) is 0 Å². The van der Waals surface area contributed by atoms with Gasteiger partial charge in [-0.25, -0.2) is 9.67 Å². The first-order valence-electron chi connectivity index (χ1n) is 8.18. The minimum atomic E-state index is -0.148. The molecule has 0 bridgehead atoms. The lowest BCUT2D eigenvalue weighted by Gasteiger charge is -2.39. The lowest BCUT2D eigenvalue weighted by Crippen LogP contribution is -2.53. The molecule has 1 aromatic rings. The Morgan fingerprint density at radius 2 is 1.95 bits per heavy atom. The van der Waals surface area contributed by atoms with E-state index in [1.54, 1.807) is 6.33 Å². The van der Waals surface area contributed by atoms with Gasteiger partial charge < -0.3 is 10.1 Å². The molecule has 0 aliphatic carbocycles. The molecule has 122 valence electrons. The van der Waals surface area contributed by atoms with E-state index in [9.17, 15) is 0 Å². The topological polar surface area (TPSA) is 52.0 Å². The summed E-state index contributed by atoms with van der Waals surface area (Å²) < 4.78 is 7.93. The minimum absolute atomic E-state index is 0.148. The third-order valence-corrected chi connectivity index (χ3v) is 4.31. The standard InChI is InChI=1S/C16H32N4O/c1-7-16(8-2,21-6)14(17-9-3)10-15-18-12-19-20(15)11-13(4)5/h12-14,17H,7-11H2,1-6H3. The van der Waals surface area contributed by atoms with Gasteiger partial charge in [-0.1, -0.05) is 34.6 Å². The van der Waals surface area contributed by atoms with Gasteiger partial charge in [0.05, 0.1) is 5.60 Å². The van der Waals surface area contributed by atoms with Crippen LogP contribution in [0, 0.1) is 5.92 Å². The van der Waals surface area contributed by atoms with Crippen LogP contribution in [0.5, 0.6) is 0 Å². The first-order valence-corrected chi connectivity index (χ1v) is 8.18. The fraction of sp³-hybridized carbons (Fsp3) is 0.875. The summed E-state index contributed by atoms with van der Waals surface area (Å²) in [5.41, 5.74) is -0.148. The van der Waals surface area contributed by atoms with Crippen LogP contribution in [0.15, 0.2) is 6.33 Å². The fourth-order valence-electron chi connectivity index (χ4n) is 2.99. The van der Waals surface area contributed by atoms with Crippen LogP contribution in [0.4, 0.5) is 0 Å². The fourth-order valence-corrected chi connectivity index (χ4v) is 2.99. The molecule has 0 spiro atoms. The molecule has 0 radical (unpaired) electrons. The maximum atomic E-state index is 5.90. The Kier molecular flexibility index (Phi) is 7.32. The molecule has 1 atom stereocenters. The molecular formula is C16H32N4O. The summed E-state index contributed by atoms with van der Waals surface area (Å²) in [5.74, 6) is 1.60. The van der Waals surface area contributed by atoms with E-state index in [1.807, 2.05) is 11.8 Å². The van der Waals surface area contributed by atoms with Crippen molar-refractivity contribution in [3.63, 3.8) is 0 Å². The highest BCUT2D eigenvalue weighted by Gasteiger charge is 2.36. The Bertz CT molecular complexity index is 390. The van der Waals surface area contributed by atoms with Gasteiger partial charge in [-0.15, -0.1) is 0 Å². The molecule has 21 heavy (non-hydrogen) atoms. The number of aromatic nitrogens is 3. The number of hydrogen-bond donors (Lipinski definition) is 1. The maximum absolute atomic E-state index is 5.90.